The first kappa shape index (κ1) is 22.6. The Balaban J connectivity index is 1.62. The molecule has 4 rings (SSSR count). The van der Waals surface area contributed by atoms with E-state index in [4.69, 9.17) is 4.74 Å². The Morgan fingerprint density at radius 2 is 1.61 bits per heavy atom. The van der Waals surface area contributed by atoms with Gasteiger partial charge in [0.15, 0.2) is 0 Å². The number of benzene rings is 3. The Hall–Kier alpha value is -3.60. The number of amides is 2. The van der Waals surface area contributed by atoms with Crippen molar-refractivity contribution in [2.24, 2.45) is 5.92 Å². The molecule has 170 valence electrons. The molecule has 2 amide bonds. The maximum Gasteiger partial charge on any atom is 0.253 e. The van der Waals surface area contributed by atoms with E-state index in [1.807, 2.05) is 92.8 Å². The summed E-state index contributed by atoms with van der Waals surface area (Å²) in [7, 11) is 3.47. The number of rotatable bonds is 6. The molecule has 0 aliphatic carbocycles. The summed E-state index contributed by atoms with van der Waals surface area (Å²) in [5.74, 6) is 0.256. The molecule has 33 heavy (non-hydrogen) atoms. The van der Waals surface area contributed by atoms with Crippen molar-refractivity contribution in [3.63, 3.8) is 0 Å². The molecule has 1 aliphatic heterocycles. The topological polar surface area (TPSA) is 49.9 Å². The number of hydrogen-bond acceptors (Lipinski definition) is 3. The zero-order valence-corrected chi connectivity index (χ0v) is 19.4. The highest BCUT2D eigenvalue weighted by atomic mass is 16.5. The molecular weight excluding hydrogens is 412 g/mol. The fraction of sp³-hybridized carbons (Fsp3) is 0.286. The molecular formula is C28H30N2O3. The van der Waals surface area contributed by atoms with Gasteiger partial charge < -0.3 is 14.5 Å². The highest BCUT2D eigenvalue weighted by Gasteiger charge is 2.42. The van der Waals surface area contributed by atoms with Crippen LogP contribution in [0.15, 0.2) is 78.9 Å². The SMILES string of the molecule is COc1ccccc1C1CN(C(=O)c2ccc(C)cc2)CC1C(=O)N(C)Cc1ccccc1. The molecule has 5 heteroatoms. The molecule has 1 fully saturated rings. The average molecular weight is 443 g/mol. The average Bonchev–Trinajstić information content (AvgIpc) is 3.29. The number of para-hydroxylation sites is 1. The van der Waals surface area contributed by atoms with Gasteiger partial charge in [-0.05, 0) is 36.2 Å². The predicted molar refractivity (Wildman–Crippen MR) is 129 cm³/mol. The second kappa shape index (κ2) is 9.90. The first-order chi connectivity index (χ1) is 16.0. The number of methoxy groups -OCH3 is 1. The van der Waals surface area contributed by atoms with Crippen molar-refractivity contribution in [2.75, 3.05) is 27.2 Å². The van der Waals surface area contributed by atoms with Gasteiger partial charge in [0.2, 0.25) is 5.91 Å². The van der Waals surface area contributed by atoms with Gasteiger partial charge in [-0.25, -0.2) is 0 Å². The summed E-state index contributed by atoms with van der Waals surface area (Å²) in [4.78, 5) is 30.5. The minimum Gasteiger partial charge on any atom is -0.496 e. The Kier molecular flexibility index (Phi) is 6.78. The lowest BCUT2D eigenvalue weighted by atomic mass is 9.87. The van der Waals surface area contributed by atoms with E-state index in [9.17, 15) is 9.59 Å². The maximum absolute atomic E-state index is 13.6. The third-order valence-electron chi connectivity index (χ3n) is 6.40. The summed E-state index contributed by atoms with van der Waals surface area (Å²) >= 11 is 0. The monoisotopic (exact) mass is 442 g/mol. The molecule has 3 aromatic carbocycles. The van der Waals surface area contributed by atoms with Crippen LogP contribution >= 0.6 is 0 Å². The summed E-state index contributed by atoms with van der Waals surface area (Å²) in [6, 6.07) is 25.3. The second-order valence-electron chi connectivity index (χ2n) is 8.71. The van der Waals surface area contributed by atoms with Gasteiger partial charge in [-0.1, -0.05) is 66.2 Å². The van der Waals surface area contributed by atoms with Gasteiger partial charge in [0.25, 0.3) is 5.91 Å². The molecule has 1 aliphatic rings. The molecule has 0 spiro atoms. The molecule has 2 atom stereocenters. The molecule has 0 radical (unpaired) electrons. The van der Waals surface area contributed by atoms with Crippen molar-refractivity contribution in [1.29, 1.82) is 0 Å². The fourth-order valence-electron chi connectivity index (χ4n) is 4.60. The summed E-state index contributed by atoms with van der Waals surface area (Å²) in [5.41, 5.74) is 3.79. The third kappa shape index (κ3) is 4.92. The zero-order valence-electron chi connectivity index (χ0n) is 19.4. The first-order valence-electron chi connectivity index (χ1n) is 11.3. The highest BCUT2D eigenvalue weighted by molar-refractivity contribution is 5.95. The Bertz CT molecular complexity index is 1110. The quantitative estimate of drug-likeness (QED) is 0.564. The van der Waals surface area contributed by atoms with Crippen LogP contribution < -0.4 is 4.74 Å². The van der Waals surface area contributed by atoms with Crippen LogP contribution in [-0.4, -0.2) is 48.9 Å². The Morgan fingerprint density at radius 1 is 0.939 bits per heavy atom. The van der Waals surface area contributed by atoms with Crippen LogP contribution in [-0.2, 0) is 11.3 Å². The minimum absolute atomic E-state index is 0.0361. The molecule has 0 saturated carbocycles. The summed E-state index contributed by atoms with van der Waals surface area (Å²) in [5, 5.41) is 0. The van der Waals surface area contributed by atoms with E-state index in [0.29, 0.717) is 25.2 Å². The number of carbonyl (C=O) groups is 2. The van der Waals surface area contributed by atoms with Crippen molar-refractivity contribution < 1.29 is 14.3 Å². The van der Waals surface area contributed by atoms with Crippen LogP contribution in [0.2, 0.25) is 0 Å². The second-order valence-corrected chi connectivity index (χ2v) is 8.71. The molecule has 0 N–H and O–H groups in total. The fourth-order valence-corrected chi connectivity index (χ4v) is 4.60. The summed E-state index contributed by atoms with van der Waals surface area (Å²) in [6.45, 7) is 3.38. The molecule has 3 aromatic rings. The number of aryl methyl sites for hydroxylation is 1. The van der Waals surface area contributed by atoms with Gasteiger partial charge in [0, 0.05) is 38.2 Å². The highest BCUT2D eigenvalue weighted by Crippen LogP contribution is 2.39. The van der Waals surface area contributed by atoms with Gasteiger partial charge in [-0.3, -0.25) is 9.59 Å². The van der Waals surface area contributed by atoms with Crippen LogP contribution in [0.4, 0.5) is 0 Å². The van der Waals surface area contributed by atoms with E-state index in [1.54, 1.807) is 16.9 Å². The first-order valence-corrected chi connectivity index (χ1v) is 11.3. The van der Waals surface area contributed by atoms with Crippen LogP contribution in [0.3, 0.4) is 0 Å². The van der Waals surface area contributed by atoms with Crippen LogP contribution in [0.1, 0.15) is 33.0 Å². The van der Waals surface area contributed by atoms with Crippen molar-refractivity contribution >= 4 is 11.8 Å². The maximum atomic E-state index is 13.6. The molecule has 0 bridgehead atoms. The van der Waals surface area contributed by atoms with Crippen LogP contribution in [0.25, 0.3) is 0 Å². The zero-order chi connectivity index (χ0) is 23.4. The van der Waals surface area contributed by atoms with E-state index in [1.165, 1.54) is 0 Å². The normalized spacial score (nSPS) is 17.6. The van der Waals surface area contributed by atoms with Crippen LogP contribution in [0.5, 0.6) is 5.75 Å². The Morgan fingerprint density at radius 3 is 2.30 bits per heavy atom. The minimum atomic E-state index is -0.343. The predicted octanol–water partition coefficient (Wildman–Crippen LogP) is 4.52. The van der Waals surface area contributed by atoms with Gasteiger partial charge in [-0.2, -0.15) is 0 Å². The number of ether oxygens (including phenoxy) is 1. The Labute approximate surface area is 195 Å². The largest absolute Gasteiger partial charge is 0.496 e. The van der Waals surface area contributed by atoms with E-state index < -0.39 is 0 Å². The van der Waals surface area contributed by atoms with Crippen molar-refractivity contribution in [2.45, 2.75) is 19.4 Å². The smallest absolute Gasteiger partial charge is 0.253 e. The molecule has 2 unspecified atom stereocenters. The van der Waals surface area contributed by atoms with E-state index in [-0.39, 0.29) is 23.7 Å². The van der Waals surface area contributed by atoms with E-state index in [0.717, 1.165) is 22.4 Å². The van der Waals surface area contributed by atoms with Crippen LogP contribution in [0, 0.1) is 12.8 Å². The summed E-state index contributed by atoms with van der Waals surface area (Å²) < 4.78 is 5.61. The van der Waals surface area contributed by atoms with Gasteiger partial charge in [0.05, 0.1) is 13.0 Å². The lowest BCUT2D eigenvalue weighted by Gasteiger charge is -2.25. The van der Waals surface area contributed by atoms with Crippen molar-refractivity contribution in [1.82, 2.24) is 9.80 Å². The number of nitrogens with zero attached hydrogens (tertiary/aromatic N) is 2. The lowest BCUT2D eigenvalue weighted by Crippen LogP contribution is -2.36. The van der Waals surface area contributed by atoms with E-state index >= 15 is 0 Å². The van der Waals surface area contributed by atoms with E-state index in [2.05, 4.69) is 0 Å². The molecule has 1 heterocycles. The standard InChI is InChI=1S/C28H30N2O3/c1-20-13-15-22(16-14-20)27(31)30-18-24(23-11-7-8-12-26(23)33-3)25(19-30)28(32)29(2)17-21-9-5-4-6-10-21/h4-16,24-25H,17-19H2,1-3H3. The van der Waals surface area contributed by atoms with Gasteiger partial charge in [0.1, 0.15) is 5.75 Å². The summed E-state index contributed by atoms with van der Waals surface area (Å²) in [6.07, 6.45) is 0. The number of carbonyl (C=O) groups excluding carboxylic acids is 2. The lowest BCUT2D eigenvalue weighted by molar-refractivity contribution is -0.134. The number of hydrogen-bond donors (Lipinski definition) is 0. The molecule has 0 aromatic heterocycles. The molecule has 5 nitrogen and oxygen atoms in total. The van der Waals surface area contributed by atoms with Gasteiger partial charge >= 0.3 is 0 Å². The van der Waals surface area contributed by atoms with Gasteiger partial charge in [-0.15, -0.1) is 0 Å². The van der Waals surface area contributed by atoms with Crippen molar-refractivity contribution in [3.05, 3.63) is 101 Å². The third-order valence-corrected chi connectivity index (χ3v) is 6.40. The molecule has 1 saturated heterocycles. The number of likely N-dealkylation sites (tertiary alicyclic amines) is 1. The van der Waals surface area contributed by atoms with Crippen molar-refractivity contribution in [3.8, 4) is 5.75 Å².